The lowest BCUT2D eigenvalue weighted by molar-refractivity contribution is 0.0522. The molecule has 3 rings (SSSR count). The third kappa shape index (κ3) is 2.96. The summed E-state index contributed by atoms with van der Waals surface area (Å²) in [7, 11) is 0. The molecule has 1 fully saturated rings. The van der Waals surface area contributed by atoms with E-state index >= 15 is 0 Å². The van der Waals surface area contributed by atoms with Gasteiger partial charge in [-0.25, -0.2) is 4.39 Å². The smallest absolute Gasteiger partial charge is 0.265 e. The quantitative estimate of drug-likeness (QED) is 0.913. The van der Waals surface area contributed by atoms with E-state index in [1.54, 1.807) is 11.0 Å². The summed E-state index contributed by atoms with van der Waals surface area (Å²) in [6.45, 7) is 2.02. The van der Waals surface area contributed by atoms with Crippen LogP contribution in [0.3, 0.4) is 0 Å². The fourth-order valence-electron chi connectivity index (χ4n) is 2.54. The van der Waals surface area contributed by atoms with Crippen molar-refractivity contribution in [3.05, 3.63) is 33.9 Å². The molecule has 0 radical (unpaired) electrons. The number of hydrogen-bond donors (Lipinski definition) is 1. The number of nitrogens with two attached hydrogens (primary N) is 1. The van der Waals surface area contributed by atoms with Crippen molar-refractivity contribution in [1.82, 2.24) is 4.90 Å². The fourth-order valence-corrected chi connectivity index (χ4v) is 4.05. The predicted molar refractivity (Wildman–Crippen MR) is 86.1 cm³/mol. The molecule has 1 aromatic carbocycles. The molecule has 1 unspecified atom stereocenters. The molecule has 22 heavy (non-hydrogen) atoms. The molecule has 0 saturated carbocycles. The molecule has 4 nitrogen and oxygen atoms in total. The zero-order valence-electron chi connectivity index (χ0n) is 11.9. The predicted octanol–water partition coefficient (Wildman–Crippen LogP) is 2.88. The van der Waals surface area contributed by atoms with Gasteiger partial charge in [0.2, 0.25) is 0 Å². The van der Waals surface area contributed by atoms with Crippen LogP contribution in [0.2, 0.25) is 5.02 Å². The molecule has 1 amide bonds. The van der Waals surface area contributed by atoms with Crippen molar-refractivity contribution in [2.75, 3.05) is 26.2 Å². The first-order chi connectivity index (χ1) is 10.6. The van der Waals surface area contributed by atoms with Gasteiger partial charge in [-0.1, -0.05) is 11.6 Å². The van der Waals surface area contributed by atoms with Gasteiger partial charge in [0, 0.05) is 36.3 Å². The van der Waals surface area contributed by atoms with E-state index in [-0.39, 0.29) is 17.8 Å². The zero-order chi connectivity index (χ0) is 15.7. The maximum absolute atomic E-state index is 13.3. The second-order valence-electron chi connectivity index (χ2n) is 5.22. The van der Waals surface area contributed by atoms with Crippen LogP contribution >= 0.6 is 22.9 Å². The van der Waals surface area contributed by atoms with Gasteiger partial charge in [-0.3, -0.25) is 4.79 Å². The van der Waals surface area contributed by atoms with Crippen LogP contribution in [-0.4, -0.2) is 43.2 Å². The lowest BCUT2D eigenvalue weighted by Gasteiger charge is -2.22. The van der Waals surface area contributed by atoms with E-state index in [0.29, 0.717) is 46.2 Å². The van der Waals surface area contributed by atoms with Crippen molar-refractivity contribution >= 4 is 38.9 Å². The third-order valence-corrected chi connectivity index (χ3v) is 5.33. The Morgan fingerprint density at radius 2 is 2.36 bits per heavy atom. The van der Waals surface area contributed by atoms with Gasteiger partial charge in [-0.15, -0.1) is 11.3 Å². The Labute approximate surface area is 136 Å². The van der Waals surface area contributed by atoms with E-state index in [1.807, 2.05) is 0 Å². The Bertz CT molecular complexity index is 706. The molecule has 0 spiro atoms. The van der Waals surface area contributed by atoms with Crippen LogP contribution < -0.4 is 5.73 Å². The molecular formula is C15H16ClFN2O2S. The monoisotopic (exact) mass is 342 g/mol. The zero-order valence-corrected chi connectivity index (χ0v) is 13.4. The van der Waals surface area contributed by atoms with Gasteiger partial charge in [-0.2, -0.15) is 0 Å². The maximum atomic E-state index is 13.3. The minimum absolute atomic E-state index is 0.143. The first-order valence-corrected chi connectivity index (χ1v) is 8.28. The van der Waals surface area contributed by atoms with E-state index in [9.17, 15) is 9.18 Å². The maximum Gasteiger partial charge on any atom is 0.265 e. The van der Waals surface area contributed by atoms with E-state index in [4.69, 9.17) is 22.1 Å². The summed E-state index contributed by atoms with van der Waals surface area (Å²) in [4.78, 5) is 14.9. The van der Waals surface area contributed by atoms with E-state index in [2.05, 4.69) is 0 Å². The highest BCUT2D eigenvalue weighted by atomic mass is 35.5. The van der Waals surface area contributed by atoms with Crippen molar-refractivity contribution in [2.45, 2.75) is 12.5 Å². The first-order valence-electron chi connectivity index (χ1n) is 7.08. The lowest BCUT2D eigenvalue weighted by Crippen LogP contribution is -2.39. The van der Waals surface area contributed by atoms with E-state index in [0.717, 1.165) is 6.42 Å². The number of thiophene rings is 1. The molecule has 2 N–H and O–H groups in total. The molecule has 1 atom stereocenters. The van der Waals surface area contributed by atoms with Crippen LogP contribution in [0.5, 0.6) is 0 Å². The normalized spacial score (nSPS) is 19.4. The molecule has 0 aliphatic carbocycles. The van der Waals surface area contributed by atoms with Crippen LogP contribution in [0.4, 0.5) is 4.39 Å². The molecular weight excluding hydrogens is 327 g/mol. The third-order valence-electron chi connectivity index (χ3n) is 3.69. The van der Waals surface area contributed by atoms with E-state index < -0.39 is 0 Å². The Balaban J connectivity index is 1.92. The van der Waals surface area contributed by atoms with Gasteiger partial charge in [0.25, 0.3) is 5.91 Å². The Hall–Kier alpha value is -1.21. The second kappa shape index (κ2) is 6.50. The number of halogens is 2. The van der Waals surface area contributed by atoms with Gasteiger partial charge in [-0.05, 0) is 24.6 Å². The fraction of sp³-hybridized carbons (Fsp3) is 0.400. The number of hydrogen-bond acceptors (Lipinski definition) is 4. The highest BCUT2D eigenvalue weighted by Gasteiger charge is 2.26. The first kappa shape index (κ1) is 15.7. The standard InChI is InChI=1S/C15H16ClFN2O2S/c16-13-11-3-2-9(17)6-12(11)22-14(13)15(20)19-4-1-5-21-10(7-18)8-19/h2-3,6,10H,1,4-5,7-8,18H2. The highest BCUT2D eigenvalue weighted by Crippen LogP contribution is 2.36. The van der Waals surface area contributed by atoms with Crippen molar-refractivity contribution in [1.29, 1.82) is 0 Å². The lowest BCUT2D eigenvalue weighted by atomic mass is 10.2. The summed E-state index contributed by atoms with van der Waals surface area (Å²) >= 11 is 7.54. The molecule has 1 aliphatic heterocycles. The van der Waals surface area contributed by atoms with Crippen LogP contribution in [-0.2, 0) is 4.74 Å². The van der Waals surface area contributed by atoms with Gasteiger partial charge < -0.3 is 15.4 Å². The summed E-state index contributed by atoms with van der Waals surface area (Å²) in [5.41, 5.74) is 5.65. The average molecular weight is 343 g/mol. The van der Waals surface area contributed by atoms with E-state index in [1.165, 1.54) is 23.5 Å². The molecule has 118 valence electrons. The molecule has 1 aliphatic rings. The molecule has 1 saturated heterocycles. The van der Waals surface area contributed by atoms with Gasteiger partial charge in [0.15, 0.2) is 0 Å². The number of carbonyl (C=O) groups excluding carboxylic acids is 1. The number of carbonyl (C=O) groups is 1. The van der Waals surface area contributed by atoms with Gasteiger partial charge in [0.05, 0.1) is 11.1 Å². The van der Waals surface area contributed by atoms with Crippen LogP contribution in [0.1, 0.15) is 16.1 Å². The van der Waals surface area contributed by atoms with Crippen molar-refractivity contribution < 1.29 is 13.9 Å². The van der Waals surface area contributed by atoms with Crippen molar-refractivity contribution in [3.63, 3.8) is 0 Å². The van der Waals surface area contributed by atoms with Crippen molar-refractivity contribution in [2.24, 2.45) is 5.73 Å². The minimum Gasteiger partial charge on any atom is -0.375 e. The number of nitrogens with zero attached hydrogens (tertiary/aromatic N) is 1. The Morgan fingerprint density at radius 1 is 1.55 bits per heavy atom. The minimum atomic E-state index is -0.337. The molecule has 2 heterocycles. The number of amides is 1. The number of ether oxygens (including phenoxy) is 1. The molecule has 1 aromatic heterocycles. The summed E-state index contributed by atoms with van der Waals surface area (Å²) in [6, 6.07) is 4.35. The largest absolute Gasteiger partial charge is 0.375 e. The number of rotatable bonds is 2. The summed E-state index contributed by atoms with van der Waals surface area (Å²) in [5, 5.41) is 1.09. The molecule has 7 heteroatoms. The summed E-state index contributed by atoms with van der Waals surface area (Å²) in [5.74, 6) is -0.480. The Kier molecular flexibility index (Phi) is 4.63. The second-order valence-corrected chi connectivity index (χ2v) is 6.65. The topological polar surface area (TPSA) is 55.6 Å². The average Bonchev–Trinajstić information content (AvgIpc) is 2.71. The van der Waals surface area contributed by atoms with Gasteiger partial charge >= 0.3 is 0 Å². The summed E-state index contributed by atoms with van der Waals surface area (Å²) < 4.78 is 19.6. The van der Waals surface area contributed by atoms with Gasteiger partial charge in [0.1, 0.15) is 10.7 Å². The summed E-state index contributed by atoms with van der Waals surface area (Å²) in [6.07, 6.45) is 0.608. The van der Waals surface area contributed by atoms with Crippen LogP contribution in [0.15, 0.2) is 18.2 Å². The molecule has 0 bridgehead atoms. The Morgan fingerprint density at radius 3 is 3.14 bits per heavy atom. The SMILES string of the molecule is NCC1CN(C(=O)c2sc3cc(F)ccc3c2Cl)CCCO1. The van der Waals surface area contributed by atoms with Crippen molar-refractivity contribution in [3.8, 4) is 0 Å². The van der Waals surface area contributed by atoms with Crippen LogP contribution in [0, 0.1) is 5.82 Å². The number of benzene rings is 1. The van der Waals surface area contributed by atoms with Crippen LogP contribution in [0.25, 0.3) is 10.1 Å². The highest BCUT2D eigenvalue weighted by molar-refractivity contribution is 7.21. The number of fused-ring (bicyclic) bond motifs is 1. The molecule has 2 aromatic rings.